The monoisotopic (exact) mass is 283 g/mol. The zero-order valence-corrected chi connectivity index (χ0v) is 13.6. The van der Waals surface area contributed by atoms with Crippen LogP contribution in [-0.2, 0) is 12.4 Å². The van der Waals surface area contributed by atoms with Crippen molar-refractivity contribution < 1.29 is 4.57 Å². The Bertz CT molecular complexity index is 309. The average Bonchev–Trinajstić information content (AvgIpc) is 2.89. The van der Waals surface area contributed by atoms with E-state index >= 15 is 0 Å². The molecule has 0 unspecified atom stereocenters. The smallest absolute Gasteiger partial charge is 0.237 e. The Hall–Kier alpha value is -0.440. The van der Waals surface area contributed by atoms with E-state index in [1.807, 2.05) is 0 Å². The van der Waals surface area contributed by atoms with Gasteiger partial charge in [0.05, 0.1) is 6.54 Å². The molecule has 0 atom stereocenters. The first kappa shape index (κ1) is 16.6. The zero-order valence-electron chi connectivity index (χ0n) is 12.8. The molecular weight excluding hydrogens is 252 g/mol. The fourth-order valence-corrected chi connectivity index (χ4v) is 3.11. The third-order valence-electron chi connectivity index (χ3n) is 3.49. The van der Waals surface area contributed by atoms with Crippen molar-refractivity contribution >= 4 is 11.8 Å². The van der Waals surface area contributed by atoms with Crippen molar-refractivity contribution in [1.82, 2.24) is 4.57 Å². The Morgan fingerprint density at radius 2 is 1.63 bits per heavy atom. The molecule has 0 bridgehead atoms. The van der Waals surface area contributed by atoms with Crippen molar-refractivity contribution in [2.75, 3.05) is 5.75 Å². The molecule has 0 aliphatic rings. The van der Waals surface area contributed by atoms with Crippen LogP contribution in [0.2, 0.25) is 0 Å². The number of hydrogen-bond donors (Lipinski definition) is 0. The molecule has 0 amide bonds. The molecular formula is C16H31N2S+. The largest absolute Gasteiger partial charge is 0.244 e. The van der Waals surface area contributed by atoms with Crippen molar-refractivity contribution in [3.8, 4) is 0 Å². The zero-order chi connectivity index (χ0) is 13.8. The number of unbranched alkanes of at least 4 members (excludes halogenated alkanes) is 7. The van der Waals surface area contributed by atoms with Crippen LogP contribution in [0.15, 0.2) is 18.7 Å². The Labute approximate surface area is 123 Å². The van der Waals surface area contributed by atoms with Gasteiger partial charge in [0.15, 0.2) is 0 Å². The van der Waals surface area contributed by atoms with Crippen LogP contribution in [0.4, 0.5) is 0 Å². The first-order chi connectivity index (χ1) is 9.36. The Morgan fingerprint density at radius 1 is 0.947 bits per heavy atom. The van der Waals surface area contributed by atoms with Crippen molar-refractivity contribution in [2.45, 2.75) is 77.6 Å². The van der Waals surface area contributed by atoms with Gasteiger partial charge in [0.1, 0.15) is 18.3 Å². The van der Waals surface area contributed by atoms with Crippen LogP contribution >= 0.6 is 11.8 Å². The van der Waals surface area contributed by atoms with Crippen LogP contribution in [0, 0.1) is 0 Å². The molecule has 0 fully saturated rings. The molecule has 19 heavy (non-hydrogen) atoms. The van der Waals surface area contributed by atoms with Crippen LogP contribution in [0.25, 0.3) is 0 Å². The van der Waals surface area contributed by atoms with Gasteiger partial charge in [0.25, 0.3) is 0 Å². The third-order valence-corrected chi connectivity index (χ3v) is 4.55. The molecule has 1 aromatic rings. The maximum Gasteiger partial charge on any atom is 0.244 e. The number of thioether (sulfide) groups is 1. The maximum absolute atomic E-state index is 2.28. The summed E-state index contributed by atoms with van der Waals surface area (Å²) < 4.78 is 4.50. The van der Waals surface area contributed by atoms with Gasteiger partial charge in [-0.1, -0.05) is 51.9 Å². The molecule has 3 heteroatoms. The highest BCUT2D eigenvalue weighted by molar-refractivity contribution is 7.98. The van der Waals surface area contributed by atoms with Gasteiger partial charge in [-0.05, 0) is 19.1 Å². The minimum absolute atomic E-state index is 1.07. The summed E-state index contributed by atoms with van der Waals surface area (Å²) in [5.74, 6) is 2.41. The van der Waals surface area contributed by atoms with Crippen LogP contribution in [0.5, 0.6) is 0 Å². The Kier molecular flexibility index (Phi) is 9.96. The van der Waals surface area contributed by atoms with E-state index in [4.69, 9.17) is 0 Å². The SMILES string of the molecule is CCCCCCCCCCSC[n+]1ccn(CC)c1. The van der Waals surface area contributed by atoms with E-state index in [2.05, 4.69) is 53.5 Å². The number of hydrogen-bond acceptors (Lipinski definition) is 1. The Balaban J connectivity index is 1.86. The summed E-state index contributed by atoms with van der Waals surface area (Å²) in [5, 5.41) is 0. The van der Waals surface area contributed by atoms with Gasteiger partial charge in [-0.3, -0.25) is 0 Å². The molecule has 0 saturated carbocycles. The van der Waals surface area contributed by atoms with Crippen LogP contribution in [0.3, 0.4) is 0 Å². The molecule has 0 radical (unpaired) electrons. The second kappa shape index (κ2) is 11.4. The molecule has 0 aliphatic carbocycles. The van der Waals surface area contributed by atoms with Crippen LogP contribution in [-0.4, -0.2) is 10.3 Å². The van der Waals surface area contributed by atoms with Crippen molar-refractivity contribution in [1.29, 1.82) is 0 Å². The molecule has 1 rings (SSSR count). The lowest BCUT2D eigenvalue weighted by Crippen LogP contribution is -2.29. The Morgan fingerprint density at radius 3 is 2.26 bits per heavy atom. The highest BCUT2D eigenvalue weighted by Crippen LogP contribution is 2.11. The van der Waals surface area contributed by atoms with E-state index in [1.165, 1.54) is 57.1 Å². The summed E-state index contributed by atoms with van der Waals surface area (Å²) in [5.41, 5.74) is 0. The fraction of sp³-hybridized carbons (Fsp3) is 0.812. The van der Waals surface area contributed by atoms with Gasteiger partial charge >= 0.3 is 0 Å². The van der Waals surface area contributed by atoms with Crippen molar-refractivity contribution in [3.05, 3.63) is 18.7 Å². The van der Waals surface area contributed by atoms with Gasteiger partial charge in [-0.2, -0.15) is 0 Å². The van der Waals surface area contributed by atoms with Crippen molar-refractivity contribution in [3.63, 3.8) is 0 Å². The van der Waals surface area contributed by atoms with E-state index in [0.29, 0.717) is 0 Å². The van der Waals surface area contributed by atoms with Gasteiger partial charge in [-0.15, -0.1) is 11.8 Å². The van der Waals surface area contributed by atoms with E-state index in [1.54, 1.807) is 0 Å². The number of aromatic nitrogens is 2. The standard InChI is InChI=1S/C16H31N2S/c1-3-5-6-7-8-9-10-11-14-19-16-18-13-12-17(4-2)15-18/h12-13,15H,3-11,14,16H2,1-2H3/q+1. The van der Waals surface area contributed by atoms with E-state index in [0.717, 1.165) is 12.4 Å². The molecule has 0 saturated heterocycles. The third kappa shape index (κ3) is 8.35. The van der Waals surface area contributed by atoms with E-state index < -0.39 is 0 Å². The topological polar surface area (TPSA) is 8.81 Å². The predicted molar refractivity (Wildman–Crippen MR) is 85.4 cm³/mol. The summed E-state index contributed by atoms with van der Waals surface area (Å²) in [6.07, 6.45) is 17.9. The second-order valence-corrected chi connectivity index (χ2v) is 6.35. The normalized spacial score (nSPS) is 11.1. The van der Waals surface area contributed by atoms with Crippen LogP contribution < -0.4 is 4.57 Å². The predicted octanol–water partition coefficient (Wildman–Crippen LogP) is 4.63. The van der Waals surface area contributed by atoms with Crippen LogP contribution in [0.1, 0.15) is 65.2 Å². The van der Waals surface area contributed by atoms with E-state index in [-0.39, 0.29) is 0 Å². The first-order valence-electron chi connectivity index (χ1n) is 7.99. The van der Waals surface area contributed by atoms with E-state index in [9.17, 15) is 0 Å². The second-order valence-electron chi connectivity index (χ2n) is 5.27. The first-order valence-corrected chi connectivity index (χ1v) is 9.14. The summed E-state index contributed by atoms with van der Waals surface area (Å²) >= 11 is 2.05. The molecule has 110 valence electrons. The quantitative estimate of drug-likeness (QED) is 0.401. The summed E-state index contributed by atoms with van der Waals surface area (Å²) in [7, 11) is 0. The summed E-state index contributed by atoms with van der Waals surface area (Å²) in [6, 6.07) is 0. The van der Waals surface area contributed by atoms with Gasteiger partial charge in [0, 0.05) is 0 Å². The minimum atomic E-state index is 1.07. The maximum atomic E-state index is 2.28. The molecule has 0 aliphatic heterocycles. The number of imidazole rings is 1. The number of aryl methyl sites for hydroxylation is 1. The summed E-state index contributed by atoms with van der Waals surface area (Å²) in [4.78, 5) is 0. The molecule has 1 aromatic heterocycles. The average molecular weight is 284 g/mol. The number of nitrogens with zero attached hydrogens (tertiary/aromatic N) is 2. The molecule has 0 aromatic carbocycles. The molecule has 2 nitrogen and oxygen atoms in total. The lowest BCUT2D eigenvalue weighted by molar-refractivity contribution is -0.675. The van der Waals surface area contributed by atoms with Crippen molar-refractivity contribution in [2.24, 2.45) is 0 Å². The highest BCUT2D eigenvalue weighted by atomic mass is 32.2. The fourth-order valence-electron chi connectivity index (χ4n) is 2.21. The van der Waals surface area contributed by atoms with Gasteiger partial charge in [0.2, 0.25) is 6.33 Å². The van der Waals surface area contributed by atoms with Gasteiger partial charge < -0.3 is 0 Å². The number of rotatable bonds is 12. The lowest BCUT2D eigenvalue weighted by Gasteiger charge is -2.01. The molecule has 1 heterocycles. The van der Waals surface area contributed by atoms with Gasteiger partial charge in [-0.25, -0.2) is 9.13 Å². The molecule has 0 N–H and O–H groups in total. The highest BCUT2D eigenvalue weighted by Gasteiger charge is 2.01. The lowest BCUT2D eigenvalue weighted by atomic mass is 10.1. The summed E-state index contributed by atoms with van der Waals surface area (Å²) in [6.45, 7) is 5.53. The molecule has 0 spiro atoms. The minimum Gasteiger partial charge on any atom is -0.237 e.